The van der Waals surface area contributed by atoms with Crippen molar-refractivity contribution >= 4 is 29.4 Å². The van der Waals surface area contributed by atoms with Crippen molar-refractivity contribution in [2.45, 2.75) is 111 Å². The Labute approximate surface area is 344 Å². The molecular formula is C50H60N2O6. The quantitative estimate of drug-likeness (QED) is 0.0775. The van der Waals surface area contributed by atoms with Gasteiger partial charge in [0.05, 0.1) is 7.11 Å². The molecule has 1 heterocycles. The molecule has 306 valence electrons. The Morgan fingerprint density at radius 1 is 0.793 bits per heavy atom. The molecule has 4 atom stereocenters. The van der Waals surface area contributed by atoms with Gasteiger partial charge in [0.15, 0.2) is 11.6 Å². The molecule has 4 aromatic rings. The van der Waals surface area contributed by atoms with E-state index in [1.54, 1.807) is 14.0 Å². The van der Waals surface area contributed by atoms with E-state index in [1.807, 2.05) is 74.5 Å². The molecule has 0 saturated carbocycles. The van der Waals surface area contributed by atoms with Gasteiger partial charge in [0, 0.05) is 43.7 Å². The standard InChI is InChI=1S/C50H60N2O6/c1-8-10-12-14-41(31-45(53)39-25-23-38(24-26-39)37-21-18-35(19-22-37)13-11-9-2)49(56)52(6)47-40-20-16-33(4)43(30-40)42-28-36(17-15-32(42)3)29-44(50(57)58-7)51-48(55)34(5)27-46(47)54/h15-26,28,30,34,41,44,47H,8-14,27,29,31H2,1-7H3,(H,51,55)/t34-,41-,44+,47+/m1/s1. The second-order valence-corrected chi connectivity index (χ2v) is 16.1. The second-order valence-electron chi connectivity index (χ2n) is 16.1. The predicted molar refractivity (Wildman–Crippen MR) is 230 cm³/mol. The Kier molecular flexibility index (Phi) is 15.4. The number of likely N-dealkylation sites (N-methyl/N-ethyl adjacent to an activating group) is 1. The van der Waals surface area contributed by atoms with Gasteiger partial charge in [-0.3, -0.25) is 19.2 Å². The van der Waals surface area contributed by atoms with Gasteiger partial charge in [-0.25, -0.2) is 4.79 Å². The topological polar surface area (TPSA) is 110 Å². The number of methoxy groups -OCH3 is 1. The van der Waals surface area contributed by atoms with Crippen LogP contribution in [-0.4, -0.2) is 54.4 Å². The third-order valence-electron chi connectivity index (χ3n) is 11.7. The molecule has 1 N–H and O–H groups in total. The van der Waals surface area contributed by atoms with Gasteiger partial charge >= 0.3 is 5.97 Å². The van der Waals surface area contributed by atoms with Crippen LogP contribution in [0.4, 0.5) is 0 Å². The van der Waals surface area contributed by atoms with Crippen molar-refractivity contribution in [1.82, 2.24) is 10.2 Å². The number of ketones is 2. The van der Waals surface area contributed by atoms with Gasteiger partial charge in [0.2, 0.25) is 11.8 Å². The van der Waals surface area contributed by atoms with Crippen LogP contribution >= 0.6 is 0 Å². The fourth-order valence-corrected chi connectivity index (χ4v) is 8.01. The number of Topliss-reactive ketones (excluding diaryl/α,β-unsaturated/α-hetero) is 2. The fourth-order valence-electron chi connectivity index (χ4n) is 8.01. The fraction of sp³-hybridized carbons (Fsp3) is 0.420. The Morgan fingerprint density at radius 2 is 1.41 bits per heavy atom. The van der Waals surface area contributed by atoms with Crippen LogP contribution in [0.5, 0.6) is 0 Å². The van der Waals surface area contributed by atoms with E-state index >= 15 is 0 Å². The molecule has 8 heteroatoms. The molecule has 0 unspecified atom stereocenters. The molecular weight excluding hydrogens is 725 g/mol. The molecule has 0 radical (unpaired) electrons. The summed E-state index contributed by atoms with van der Waals surface area (Å²) in [5.41, 5.74) is 9.25. The molecule has 4 bridgehead atoms. The minimum absolute atomic E-state index is 0.0120. The Morgan fingerprint density at radius 3 is 2.05 bits per heavy atom. The molecule has 0 spiro atoms. The number of unbranched alkanes of at least 4 members (excludes halogenated alkanes) is 3. The zero-order chi connectivity index (χ0) is 41.9. The van der Waals surface area contributed by atoms with Crippen LogP contribution in [0.1, 0.15) is 116 Å². The third-order valence-corrected chi connectivity index (χ3v) is 11.7. The first-order valence-electron chi connectivity index (χ1n) is 21.0. The summed E-state index contributed by atoms with van der Waals surface area (Å²) in [4.78, 5) is 71.0. The van der Waals surface area contributed by atoms with Crippen LogP contribution in [0.2, 0.25) is 0 Å². The van der Waals surface area contributed by atoms with E-state index in [0.29, 0.717) is 17.5 Å². The lowest BCUT2D eigenvalue weighted by Crippen LogP contribution is -2.46. The summed E-state index contributed by atoms with van der Waals surface area (Å²) in [6, 6.07) is 25.9. The van der Waals surface area contributed by atoms with E-state index < -0.39 is 35.8 Å². The molecule has 1 aliphatic heterocycles. The van der Waals surface area contributed by atoms with E-state index in [2.05, 4.69) is 43.4 Å². The van der Waals surface area contributed by atoms with Crippen molar-refractivity contribution in [3.05, 3.63) is 118 Å². The number of nitrogens with one attached hydrogen (secondary N) is 1. The summed E-state index contributed by atoms with van der Waals surface area (Å²) in [5.74, 6) is -3.19. The van der Waals surface area contributed by atoms with Gasteiger partial charge in [-0.1, -0.05) is 125 Å². The van der Waals surface area contributed by atoms with E-state index in [4.69, 9.17) is 4.74 Å². The molecule has 0 fully saturated rings. The lowest BCUT2D eigenvalue weighted by molar-refractivity contribution is -0.146. The minimum Gasteiger partial charge on any atom is -0.467 e. The molecule has 4 aromatic carbocycles. The number of carbonyl (C=O) groups excluding carboxylic acids is 5. The molecule has 5 rings (SSSR count). The van der Waals surface area contributed by atoms with E-state index in [1.165, 1.54) is 17.6 Å². The zero-order valence-corrected chi connectivity index (χ0v) is 35.4. The van der Waals surface area contributed by atoms with E-state index in [0.717, 1.165) is 77.5 Å². The maximum Gasteiger partial charge on any atom is 0.328 e. The first-order valence-corrected chi connectivity index (χ1v) is 21.0. The highest BCUT2D eigenvalue weighted by Crippen LogP contribution is 2.35. The summed E-state index contributed by atoms with van der Waals surface area (Å²) in [6.45, 7) is 9.95. The van der Waals surface area contributed by atoms with Crippen molar-refractivity contribution < 1.29 is 28.7 Å². The van der Waals surface area contributed by atoms with Gasteiger partial charge < -0.3 is 15.0 Å². The van der Waals surface area contributed by atoms with Gasteiger partial charge in [0.1, 0.15) is 12.1 Å². The molecule has 1 aliphatic rings. The zero-order valence-electron chi connectivity index (χ0n) is 35.4. The Balaban J connectivity index is 1.46. The average molecular weight is 785 g/mol. The molecule has 58 heavy (non-hydrogen) atoms. The number of carbonyl (C=O) groups is 5. The van der Waals surface area contributed by atoms with Crippen molar-refractivity contribution in [3.8, 4) is 22.3 Å². The summed E-state index contributed by atoms with van der Waals surface area (Å²) >= 11 is 0. The highest BCUT2D eigenvalue weighted by atomic mass is 16.5. The van der Waals surface area contributed by atoms with Crippen LogP contribution in [0, 0.1) is 25.7 Å². The number of hydrogen-bond donors (Lipinski definition) is 1. The van der Waals surface area contributed by atoms with Crippen LogP contribution in [0.25, 0.3) is 22.3 Å². The lowest BCUT2D eigenvalue weighted by atomic mass is 9.86. The normalized spacial score (nSPS) is 17.5. The summed E-state index contributed by atoms with van der Waals surface area (Å²) in [7, 11) is 2.92. The van der Waals surface area contributed by atoms with Crippen LogP contribution in [0.3, 0.4) is 0 Å². The van der Waals surface area contributed by atoms with E-state index in [9.17, 15) is 24.0 Å². The number of hydrogen-bond acceptors (Lipinski definition) is 6. The molecule has 0 saturated heterocycles. The number of esters is 1. The van der Waals surface area contributed by atoms with E-state index in [-0.39, 0.29) is 36.7 Å². The minimum atomic E-state index is -1.01. The summed E-state index contributed by atoms with van der Waals surface area (Å²) in [6.07, 6.45) is 6.58. The SMILES string of the molecule is CCCCC[C@H](CC(=O)c1ccc(-c2ccc(CCCC)cc2)cc1)C(=O)N(C)[C@@H]1C(=O)C[C@@H](C)C(=O)N[C@H](C(=O)OC)Cc2ccc(C)c(c2)-c2cc1ccc2C. The summed E-state index contributed by atoms with van der Waals surface area (Å²) < 4.78 is 5.05. The van der Waals surface area contributed by atoms with Crippen molar-refractivity contribution in [2.75, 3.05) is 14.2 Å². The van der Waals surface area contributed by atoms with Gasteiger partial charge in [-0.15, -0.1) is 0 Å². The monoisotopic (exact) mass is 784 g/mol. The maximum absolute atomic E-state index is 14.7. The van der Waals surface area contributed by atoms with Crippen LogP contribution in [-0.2, 0) is 36.8 Å². The number of fused-ring (bicyclic) bond motifs is 5. The Bertz CT molecular complexity index is 2090. The lowest BCUT2D eigenvalue weighted by Gasteiger charge is -2.32. The second kappa shape index (κ2) is 20.4. The molecule has 0 aromatic heterocycles. The van der Waals surface area contributed by atoms with Gasteiger partial charge in [-0.2, -0.15) is 0 Å². The Hall–Kier alpha value is -5.37. The smallest absolute Gasteiger partial charge is 0.328 e. The number of benzene rings is 4. The summed E-state index contributed by atoms with van der Waals surface area (Å²) in [5, 5.41) is 2.82. The van der Waals surface area contributed by atoms with Gasteiger partial charge in [0.25, 0.3) is 0 Å². The first-order chi connectivity index (χ1) is 27.8. The number of ether oxygens (including phenoxy) is 1. The average Bonchev–Trinajstić information content (AvgIpc) is 3.22. The highest BCUT2D eigenvalue weighted by Gasteiger charge is 2.36. The first kappa shape index (κ1) is 43.7. The van der Waals surface area contributed by atoms with Crippen molar-refractivity contribution in [2.24, 2.45) is 11.8 Å². The third kappa shape index (κ3) is 10.8. The number of aryl methyl sites for hydroxylation is 3. The largest absolute Gasteiger partial charge is 0.467 e. The highest BCUT2D eigenvalue weighted by molar-refractivity contribution is 6.00. The van der Waals surface area contributed by atoms with Crippen LogP contribution < -0.4 is 5.32 Å². The van der Waals surface area contributed by atoms with Crippen LogP contribution in [0.15, 0.2) is 84.9 Å². The molecule has 2 amide bonds. The van der Waals surface area contributed by atoms with Crippen molar-refractivity contribution in [1.29, 1.82) is 0 Å². The maximum atomic E-state index is 14.7. The number of rotatable bonds is 14. The predicted octanol–water partition coefficient (Wildman–Crippen LogP) is 9.76. The molecule has 8 nitrogen and oxygen atoms in total. The van der Waals surface area contributed by atoms with Crippen molar-refractivity contribution in [3.63, 3.8) is 0 Å². The number of nitrogens with zero attached hydrogens (tertiary/aromatic N) is 1. The molecule has 0 aliphatic carbocycles. The number of amides is 2. The van der Waals surface area contributed by atoms with Gasteiger partial charge in [-0.05, 0) is 89.2 Å².